The fourth-order valence-electron chi connectivity index (χ4n) is 2.50. The average Bonchev–Trinajstić information content (AvgIpc) is 2.67. The molecular formula is C20H22F3NO4. The van der Waals surface area contributed by atoms with E-state index in [-0.39, 0.29) is 12.1 Å². The number of benzene rings is 2. The maximum atomic E-state index is 12.6. The largest absolute Gasteiger partial charge is 0.490 e. The lowest BCUT2D eigenvalue weighted by Crippen LogP contribution is -2.28. The molecule has 2 rings (SSSR count). The van der Waals surface area contributed by atoms with Crippen LogP contribution in [0.1, 0.15) is 41.4 Å². The van der Waals surface area contributed by atoms with Gasteiger partial charge in [-0.1, -0.05) is 12.1 Å². The fraction of sp³-hybridized carbons (Fsp3) is 0.350. The predicted octanol–water partition coefficient (Wildman–Crippen LogP) is 3.97. The van der Waals surface area contributed by atoms with E-state index in [1.54, 1.807) is 12.1 Å². The number of halogens is 3. The second-order valence-corrected chi connectivity index (χ2v) is 5.87. The van der Waals surface area contributed by atoms with Gasteiger partial charge < -0.3 is 19.9 Å². The number of hydrogen-bond donors (Lipinski definition) is 2. The van der Waals surface area contributed by atoms with E-state index in [0.29, 0.717) is 30.3 Å². The lowest BCUT2D eigenvalue weighted by molar-refractivity contribution is -0.137. The van der Waals surface area contributed by atoms with Gasteiger partial charge in [0.25, 0.3) is 5.91 Å². The van der Waals surface area contributed by atoms with Gasteiger partial charge in [0.05, 0.1) is 24.9 Å². The van der Waals surface area contributed by atoms with E-state index in [0.717, 1.165) is 12.1 Å². The summed E-state index contributed by atoms with van der Waals surface area (Å²) >= 11 is 0. The molecule has 1 atom stereocenters. The van der Waals surface area contributed by atoms with E-state index in [9.17, 15) is 23.1 Å². The highest BCUT2D eigenvalue weighted by Crippen LogP contribution is 2.30. The topological polar surface area (TPSA) is 67.8 Å². The van der Waals surface area contributed by atoms with Crippen LogP contribution >= 0.6 is 0 Å². The molecule has 1 amide bonds. The van der Waals surface area contributed by atoms with Crippen molar-refractivity contribution in [2.24, 2.45) is 0 Å². The highest BCUT2D eigenvalue weighted by Gasteiger charge is 2.30. The first-order valence-corrected chi connectivity index (χ1v) is 8.79. The van der Waals surface area contributed by atoms with E-state index in [1.807, 2.05) is 13.8 Å². The van der Waals surface area contributed by atoms with Gasteiger partial charge in [-0.2, -0.15) is 13.2 Å². The number of nitrogens with one attached hydrogen (secondary N) is 1. The summed E-state index contributed by atoms with van der Waals surface area (Å²) < 4.78 is 48.7. The summed E-state index contributed by atoms with van der Waals surface area (Å²) in [5, 5.41) is 12.7. The van der Waals surface area contributed by atoms with Crippen molar-refractivity contribution in [2.45, 2.75) is 26.1 Å². The zero-order valence-electron chi connectivity index (χ0n) is 15.5. The number of aliphatic hydroxyl groups excluding tert-OH is 1. The molecule has 0 radical (unpaired) electrons. The van der Waals surface area contributed by atoms with E-state index < -0.39 is 23.8 Å². The smallest absolute Gasteiger partial charge is 0.416 e. The Morgan fingerprint density at radius 1 is 1.04 bits per heavy atom. The maximum absolute atomic E-state index is 12.6. The molecule has 28 heavy (non-hydrogen) atoms. The van der Waals surface area contributed by atoms with Crippen LogP contribution < -0.4 is 14.8 Å². The SMILES string of the molecule is CCOc1ccc(C(=O)NCC(O)c2ccc(C(F)(F)F)cc2)cc1OCC. The Kier molecular flexibility index (Phi) is 7.28. The van der Waals surface area contributed by atoms with Crippen LogP contribution in [0.4, 0.5) is 13.2 Å². The van der Waals surface area contributed by atoms with Crippen LogP contribution in [0.2, 0.25) is 0 Å². The third kappa shape index (κ3) is 5.63. The molecule has 2 aromatic carbocycles. The predicted molar refractivity (Wildman–Crippen MR) is 97.5 cm³/mol. The van der Waals surface area contributed by atoms with Crippen molar-refractivity contribution >= 4 is 5.91 Å². The molecule has 0 spiro atoms. The minimum atomic E-state index is -4.44. The van der Waals surface area contributed by atoms with E-state index in [2.05, 4.69) is 5.32 Å². The summed E-state index contributed by atoms with van der Waals surface area (Å²) in [6, 6.07) is 8.87. The summed E-state index contributed by atoms with van der Waals surface area (Å²) in [7, 11) is 0. The number of carbonyl (C=O) groups excluding carboxylic acids is 1. The zero-order valence-corrected chi connectivity index (χ0v) is 15.5. The molecule has 0 heterocycles. The van der Waals surface area contributed by atoms with Gasteiger partial charge in [-0.3, -0.25) is 4.79 Å². The van der Waals surface area contributed by atoms with Gasteiger partial charge >= 0.3 is 6.18 Å². The average molecular weight is 397 g/mol. The van der Waals surface area contributed by atoms with Gasteiger partial charge in [-0.05, 0) is 49.7 Å². The minimum absolute atomic E-state index is 0.151. The van der Waals surface area contributed by atoms with Gasteiger partial charge in [-0.25, -0.2) is 0 Å². The van der Waals surface area contributed by atoms with Crippen LogP contribution in [0.15, 0.2) is 42.5 Å². The first kappa shape index (κ1) is 21.6. The summed E-state index contributed by atoms with van der Waals surface area (Å²) in [4.78, 5) is 12.3. The Morgan fingerprint density at radius 2 is 1.64 bits per heavy atom. The molecule has 0 saturated carbocycles. The van der Waals surface area contributed by atoms with Crippen molar-refractivity contribution in [3.05, 3.63) is 59.2 Å². The third-order valence-corrected chi connectivity index (χ3v) is 3.88. The molecule has 152 valence electrons. The molecular weight excluding hydrogens is 375 g/mol. The second-order valence-electron chi connectivity index (χ2n) is 5.87. The lowest BCUT2D eigenvalue weighted by Gasteiger charge is -2.15. The van der Waals surface area contributed by atoms with Crippen molar-refractivity contribution in [2.75, 3.05) is 19.8 Å². The Hall–Kier alpha value is -2.74. The molecule has 5 nitrogen and oxygen atoms in total. The first-order chi connectivity index (χ1) is 13.3. The number of aliphatic hydroxyl groups is 1. The van der Waals surface area contributed by atoms with Gasteiger partial charge in [-0.15, -0.1) is 0 Å². The van der Waals surface area contributed by atoms with Gasteiger partial charge in [0.15, 0.2) is 11.5 Å². The number of carbonyl (C=O) groups is 1. The van der Waals surface area contributed by atoms with Crippen molar-refractivity contribution < 1.29 is 32.5 Å². The maximum Gasteiger partial charge on any atom is 0.416 e. The van der Waals surface area contributed by atoms with Crippen LogP contribution in [0.5, 0.6) is 11.5 Å². The molecule has 0 saturated heterocycles. The van der Waals surface area contributed by atoms with Crippen LogP contribution in [0.25, 0.3) is 0 Å². The first-order valence-electron chi connectivity index (χ1n) is 8.79. The zero-order chi connectivity index (χ0) is 20.7. The highest BCUT2D eigenvalue weighted by atomic mass is 19.4. The van der Waals surface area contributed by atoms with Crippen molar-refractivity contribution in [1.82, 2.24) is 5.32 Å². The van der Waals surface area contributed by atoms with Gasteiger partial charge in [0, 0.05) is 12.1 Å². The van der Waals surface area contributed by atoms with Crippen LogP contribution in [-0.2, 0) is 6.18 Å². The number of rotatable bonds is 8. The van der Waals surface area contributed by atoms with E-state index in [4.69, 9.17) is 9.47 Å². The monoisotopic (exact) mass is 397 g/mol. The molecule has 0 bridgehead atoms. The normalized spacial score (nSPS) is 12.4. The summed E-state index contributed by atoms with van der Waals surface area (Å²) in [5.41, 5.74) is -0.216. The molecule has 0 aliphatic carbocycles. The van der Waals surface area contributed by atoms with Crippen molar-refractivity contribution in [1.29, 1.82) is 0 Å². The molecule has 8 heteroatoms. The lowest BCUT2D eigenvalue weighted by atomic mass is 10.1. The number of hydrogen-bond acceptors (Lipinski definition) is 4. The fourth-order valence-corrected chi connectivity index (χ4v) is 2.50. The van der Waals surface area contributed by atoms with Crippen LogP contribution in [0, 0.1) is 0 Å². The summed E-state index contributed by atoms with van der Waals surface area (Å²) in [5.74, 6) is 0.501. The molecule has 0 aliphatic rings. The Labute approximate surface area is 161 Å². The molecule has 0 fully saturated rings. The second kappa shape index (κ2) is 9.45. The van der Waals surface area contributed by atoms with Gasteiger partial charge in [0.2, 0.25) is 0 Å². The number of amides is 1. The Balaban J connectivity index is 2.02. The molecule has 0 aromatic heterocycles. The summed E-state index contributed by atoms with van der Waals surface area (Å²) in [6.45, 7) is 4.34. The highest BCUT2D eigenvalue weighted by molar-refractivity contribution is 5.94. The van der Waals surface area contributed by atoms with E-state index in [1.165, 1.54) is 18.2 Å². The Morgan fingerprint density at radius 3 is 2.21 bits per heavy atom. The van der Waals surface area contributed by atoms with E-state index >= 15 is 0 Å². The molecule has 1 unspecified atom stereocenters. The standard InChI is InChI=1S/C20H22F3NO4/c1-3-27-17-10-7-14(11-18(17)28-4-2)19(26)24-12-16(25)13-5-8-15(9-6-13)20(21,22)23/h5-11,16,25H,3-4,12H2,1-2H3,(H,24,26). The molecule has 2 N–H and O–H groups in total. The Bertz CT molecular complexity index is 791. The van der Waals surface area contributed by atoms with Crippen molar-refractivity contribution in [3.8, 4) is 11.5 Å². The quantitative estimate of drug-likeness (QED) is 0.708. The summed E-state index contributed by atoms with van der Waals surface area (Å²) in [6.07, 6.45) is -5.58. The number of alkyl halides is 3. The van der Waals surface area contributed by atoms with Gasteiger partial charge in [0.1, 0.15) is 0 Å². The molecule has 2 aromatic rings. The van der Waals surface area contributed by atoms with Crippen LogP contribution in [-0.4, -0.2) is 30.8 Å². The molecule has 0 aliphatic heterocycles. The van der Waals surface area contributed by atoms with Crippen LogP contribution in [0.3, 0.4) is 0 Å². The third-order valence-electron chi connectivity index (χ3n) is 3.88. The minimum Gasteiger partial charge on any atom is -0.490 e. The van der Waals surface area contributed by atoms with Crippen molar-refractivity contribution in [3.63, 3.8) is 0 Å². The number of ether oxygens (including phenoxy) is 2.